The lowest BCUT2D eigenvalue weighted by molar-refractivity contribution is 0.0743. The van der Waals surface area contributed by atoms with Crippen LogP contribution in [0.1, 0.15) is 17.1 Å². The minimum Gasteiger partial charge on any atom is -0.379 e. The van der Waals surface area contributed by atoms with E-state index in [1.165, 1.54) is 5.01 Å². The van der Waals surface area contributed by atoms with Gasteiger partial charge in [-0.15, -0.1) is 11.3 Å². The summed E-state index contributed by atoms with van der Waals surface area (Å²) >= 11 is 1.75. The summed E-state index contributed by atoms with van der Waals surface area (Å²) in [6.07, 6.45) is 2.17. The smallest absolute Gasteiger partial charge is 0.0940 e. The minimum atomic E-state index is 0.526. The van der Waals surface area contributed by atoms with Gasteiger partial charge in [-0.2, -0.15) is 0 Å². The van der Waals surface area contributed by atoms with Crippen molar-refractivity contribution in [1.82, 2.24) is 15.6 Å². The van der Waals surface area contributed by atoms with E-state index in [1.54, 1.807) is 11.3 Å². The standard InChI is InChI=1S/C12H21N3OS/c1-10-9-17-12(15-10)3-5-13-4-2-11-8-16-7-6-14-11/h9,11,13-14H,2-8H2,1H3. The number of aryl methyl sites for hydroxylation is 1. The number of hydrogen-bond donors (Lipinski definition) is 2. The van der Waals surface area contributed by atoms with Crippen LogP contribution in [0, 0.1) is 6.92 Å². The molecule has 0 amide bonds. The highest BCUT2D eigenvalue weighted by molar-refractivity contribution is 7.09. The van der Waals surface area contributed by atoms with E-state index < -0.39 is 0 Å². The number of thiazole rings is 1. The van der Waals surface area contributed by atoms with Gasteiger partial charge in [0.25, 0.3) is 0 Å². The number of aromatic nitrogens is 1. The summed E-state index contributed by atoms with van der Waals surface area (Å²) in [5.41, 5.74) is 1.13. The van der Waals surface area contributed by atoms with Gasteiger partial charge in [0.15, 0.2) is 0 Å². The molecular formula is C12H21N3OS. The third kappa shape index (κ3) is 4.71. The second-order valence-electron chi connectivity index (χ2n) is 4.40. The fourth-order valence-corrected chi connectivity index (χ4v) is 2.70. The Morgan fingerprint density at radius 3 is 3.24 bits per heavy atom. The van der Waals surface area contributed by atoms with Gasteiger partial charge in [0.05, 0.1) is 18.2 Å². The van der Waals surface area contributed by atoms with Crippen molar-refractivity contribution >= 4 is 11.3 Å². The summed E-state index contributed by atoms with van der Waals surface area (Å²) in [7, 11) is 0. The number of rotatable bonds is 6. The van der Waals surface area contributed by atoms with Crippen molar-refractivity contribution in [3.05, 3.63) is 16.1 Å². The fraction of sp³-hybridized carbons (Fsp3) is 0.750. The summed E-state index contributed by atoms with van der Waals surface area (Å²) in [5, 5.41) is 10.3. The van der Waals surface area contributed by atoms with Crippen molar-refractivity contribution in [1.29, 1.82) is 0 Å². The zero-order valence-electron chi connectivity index (χ0n) is 10.4. The molecule has 96 valence electrons. The first-order valence-electron chi connectivity index (χ1n) is 6.27. The van der Waals surface area contributed by atoms with E-state index in [9.17, 15) is 0 Å². The van der Waals surface area contributed by atoms with Crippen LogP contribution >= 0.6 is 11.3 Å². The molecule has 17 heavy (non-hydrogen) atoms. The Morgan fingerprint density at radius 2 is 2.53 bits per heavy atom. The molecule has 1 atom stereocenters. The topological polar surface area (TPSA) is 46.2 Å². The van der Waals surface area contributed by atoms with E-state index in [0.717, 1.165) is 51.4 Å². The third-order valence-corrected chi connectivity index (χ3v) is 3.88. The molecule has 4 nitrogen and oxygen atoms in total. The SMILES string of the molecule is Cc1csc(CCNCCC2COCCN2)n1. The Bertz CT molecular complexity index is 323. The minimum absolute atomic E-state index is 0.526. The highest BCUT2D eigenvalue weighted by atomic mass is 32.1. The van der Waals surface area contributed by atoms with Gasteiger partial charge in [0.1, 0.15) is 0 Å². The number of nitrogens with zero attached hydrogens (tertiary/aromatic N) is 1. The van der Waals surface area contributed by atoms with Gasteiger partial charge in [0, 0.05) is 36.6 Å². The lowest BCUT2D eigenvalue weighted by atomic mass is 10.2. The second kappa shape index (κ2) is 7.06. The van der Waals surface area contributed by atoms with E-state index in [0.29, 0.717) is 6.04 Å². The molecule has 1 aromatic heterocycles. The molecule has 0 spiro atoms. The highest BCUT2D eigenvalue weighted by Gasteiger charge is 2.11. The first-order chi connectivity index (χ1) is 8.34. The maximum absolute atomic E-state index is 5.41. The molecule has 2 N–H and O–H groups in total. The normalized spacial score (nSPS) is 20.6. The molecule has 2 heterocycles. The fourth-order valence-electron chi connectivity index (χ4n) is 1.92. The molecule has 1 aliphatic heterocycles. The van der Waals surface area contributed by atoms with E-state index in [-0.39, 0.29) is 0 Å². The van der Waals surface area contributed by atoms with Crippen molar-refractivity contribution < 1.29 is 4.74 Å². The molecular weight excluding hydrogens is 234 g/mol. The molecule has 1 unspecified atom stereocenters. The lowest BCUT2D eigenvalue weighted by Gasteiger charge is -2.23. The molecule has 0 aromatic carbocycles. The average molecular weight is 255 g/mol. The monoisotopic (exact) mass is 255 g/mol. The summed E-state index contributed by atoms with van der Waals surface area (Å²) in [4.78, 5) is 4.44. The van der Waals surface area contributed by atoms with Crippen LogP contribution in [0.15, 0.2) is 5.38 Å². The maximum atomic E-state index is 5.41. The van der Waals surface area contributed by atoms with Crippen LogP contribution in [-0.2, 0) is 11.2 Å². The van der Waals surface area contributed by atoms with E-state index in [1.807, 2.05) is 6.92 Å². The molecule has 0 radical (unpaired) electrons. The Kier molecular flexibility index (Phi) is 5.38. The van der Waals surface area contributed by atoms with Crippen LogP contribution in [0.25, 0.3) is 0 Å². The Balaban J connectivity index is 1.51. The van der Waals surface area contributed by atoms with Crippen molar-refractivity contribution in [3.8, 4) is 0 Å². The third-order valence-electron chi connectivity index (χ3n) is 2.85. The molecule has 5 heteroatoms. The van der Waals surface area contributed by atoms with Gasteiger partial charge in [-0.05, 0) is 19.9 Å². The molecule has 1 fully saturated rings. The second-order valence-corrected chi connectivity index (χ2v) is 5.34. The van der Waals surface area contributed by atoms with Crippen molar-refractivity contribution in [2.45, 2.75) is 25.8 Å². The van der Waals surface area contributed by atoms with E-state index >= 15 is 0 Å². The number of hydrogen-bond acceptors (Lipinski definition) is 5. The van der Waals surface area contributed by atoms with E-state index in [2.05, 4.69) is 21.0 Å². The van der Waals surface area contributed by atoms with Gasteiger partial charge in [-0.25, -0.2) is 4.98 Å². The van der Waals surface area contributed by atoms with Crippen molar-refractivity contribution in [3.63, 3.8) is 0 Å². The molecule has 1 saturated heterocycles. The Morgan fingerprint density at radius 1 is 1.59 bits per heavy atom. The summed E-state index contributed by atoms with van der Waals surface area (Å²) in [6, 6.07) is 0.526. The first kappa shape index (κ1) is 13.0. The molecule has 2 rings (SSSR count). The Hall–Kier alpha value is -0.490. The molecule has 0 bridgehead atoms. The van der Waals surface area contributed by atoms with Gasteiger partial charge < -0.3 is 15.4 Å². The van der Waals surface area contributed by atoms with E-state index in [4.69, 9.17) is 4.74 Å². The zero-order valence-corrected chi connectivity index (χ0v) is 11.2. The highest BCUT2D eigenvalue weighted by Crippen LogP contribution is 2.08. The van der Waals surface area contributed by atoms with Crippen LogP contribution in [0.2, 0.25) is 0 Å². The zero-order chi connectivity index (χ0) is 11.9. The largest absolute Gasteiger partial charge is 0.379 e. The summed E-state index contributed by atoms with van der Waals surface area (Å²) in [6.45, 7) is 6.80. The number of nitrogens with one attached hydrogen (secondary N) is 2. The maximum Gasteiger partial charge on any atom is 0.0940 e. The van der Waals surface area contributed by atoms with Gasteiger partial charge in [-0.1, -0.05) is 0 Å². The number of morpholine rings is 1. The average Bonchev–Trinajstić information content (AvgIpc) is 2.76. The van der Waals surface area contributed by atoms with Crippen LogP contribution in [0.3, 0.4) is 0 Å². The number of ether oxygens (including phenoxy) is 1. The van der Waals surface area contributed by atoms with Gasteiger partial charge in [-0.3, -0.25) is 0 Å². The summed E-state index contributed by atoms with van der Waals surface area (Å²) < 4.78 is 5.41. The Labute approximate surface area is 107 Å². The van der Waals surface area contributed by atoms with Gasteiger partial charge in [0.2, 0.25) is 0 Å². The molecule has 1 aliphatic rings. The molecule has 0 aliphatic carbocycles. The first-order valence-corrected chi connectivity index (χ1v) is 7.15. The van der Waals surface area contributed by atoms with Crippen LogP contribution in [0.5, 0.6) is 0 Å². The van der Waals surface area contributed by atoms with Gasteiger partial charge >= 0.3 is 0 Å². The predicted octanol–water partition coefficient (Wildman–Crippen LogP) is 0.962. The predicted molar refractivity (Wildman–Crippen MR) is 70.7 cm³/mol. The van der Waals surface area contributed by atoms with Crippen molar-refractivity contribution in [2.75, 3.05) is 32.8 Å². The molecule has 0 saturated carbocycles. The van der Waals surface area contributed by atoms with Crippen LogP contribution in [-0.4, -0.2) is 43.9 Å². The molecule has 1 aromatic rings. The quantitative estimate of drug-likeness (QED) is 0.743. The van der Waals surface area contributed by atoms with Crippen molar-refractivity contribution in [2.24, 2.45) is 0 Å². The lowest BCUT2D eigenvalue weighted by Crippen LogP contribution is -2.42. The summed E-state index contributed by atoms with van der Waals surface area (Å²) in [5.74, 6) is 0. The van der Waals surface area contributed by atoms with Crippen LogP contribution < -0.4 is 10.6 Å². The van der Waals surface area contributed by atoms with Crippen LogP contribution in [0.4, 0.5) is 0 Å².